The minimum atomic E-state index is 0.0651. The molecule has 11 heavy (non-hydrogen) atoms. The Morgan fingerprint density at radius 1 is 1.55 bits per heavy atom. The predicted octanol–water partition coefficient (Wildman–Crippen LogP) is 1.40. The van der Waals surface area contributed by atoms with Crippen molar-refractivity contribution in [2.24, 2.45) is 0 Å². The van der Waals surface area contributed by atoms with Crippen LogP contribution in [0.15, 0.2) is 24.3 Å². The molecule has 0 aliphatic rings. The Morgan fingerprint density at radius 2 is 2.36 bits per heavy atom. The van der Waals surface area contributed by atoms with Crippen LogP contribution in [0.25, 0.3) is 6.08 Å². The van der Waals surface area contributed by atoms with Gasteiger partial charge < -0.3 is 5.11 Å². The lowest BCUT2D eigenvalue weighted by Gasteiger charge is -1.93. The molecule has 0 bridgehead atoms. The summed E-state index contributed by atoms with van der Waals surface area (Å²) in [6.07, 6.45) is 3.47. The van der Waals surface area contributed by atoms with Gasteiger partial charge in [0.25, 0.3) is 0 Å². The van der Waals surface area contributed by atoms with E-state index in [-0.39, 0.29) is 6.61 Å². The summed E-state index contributed by atoms with van der Waals surface area (Å²) in [5.41, 5.74) is 1.88. The fraction of sp³-hybridized carbons (Fsp3) is 0.222. The van der Waals surface area contributed by atoms with E-state index in [2.05, 4.69) is 4.98 Å². The second kappa shape index (κ2) is 3.88. The Kier molecular flexibility index (Phi) is 2.81. The van der Waals surface area contributed by atoms with Gasteiger partial charge in [-0.05, 0) is 25.1 Å². The number of aryl methyl sites for hydroxylation is 1. The molecule has 0 fully saturated rings. The third-order valence-corrected chi connectivity index (χ3v) is 1.30. The quantitative estimate of drug-likeness (QED) is 0.689. The van der Waals surface area contributed by atoms with Crippen molar-refractivity contribution >= 4 is 6.08 Å². The van der Waals surface area contributed by atoms with Gasteiger partial charge in [0.2, 0.25) is 0 Å². The van der Waals surface area contributed by atoms with E-state index in [9.17, 15) is 0 Å². The minimum absolute atomic E-state index is 0.0651. The minimum Gasteiger partial charge on any atom is -0.392 e. The molecule has 0 saturated carbocycles. The van der Waals surface area contributed by atoms with Gasteiger partial charge in [0.05, 0.1) is 12.3 Å². The third-order valence-electron chi connectivity index (χ3n) is 1.30. The van der Waals surface area contributed by atoms with Crippen LogP contribution in [0.5, 0.6) is 0 Å². The highest BCUT2D eigenvalue weighted by Crippen LogP contribution is 1.99. The topological polar surface area (TPSA) is 33.1 Å². The second-order valence-electron chi connectivity index (χ2n) is 2.29. The van der Waals surface area contributed by atoms with Crippen LogP contribution in [0.2, 0.25) is 0 Å². The molecule has 0 aliphatic heterocycles. The zero-order chi connectivity index (χ0) is 8.10. The molecule has 1 aromatic heterocycles. The standard InChI is InChI=1S/C9H11NO/c1-8-4-2-5-9(10-8)6-3-7-11/h2-6,11H,7H2,1H3. The van der Waals surface area contributed by atoms with Crippen molar-refractivity contribution in [1.29, 1.82) is 0 Å². The molecule has 0 amide bonds. The molecular weight excluding hydrogens is 138 g/mol. The summed E-state index contributed by atoms with van der Waals surface area (Å²) >= 11 is 0. The maximum absolute atomic E-state index is 8.48. The van der Waals surface area contributed by atoms with E-state index in [4.69, 9.17) is 5.11 Å². The van der Waals surface area contributed by atoms with Crippen molar-refractivity contribution in [3.05, 3.63) is 35.7 Å². The van der Waals surface area contributed by atoms with Crippen LogP contribution in [0.4, 0.5) is 0 Å². The van der Waals surface area contributed by atoms with Gasteiger partial charge >= 0.3 is 0 Å². The van der Waals surface area contributed by atoms with Crippen LogP contribution in [-0.4, -0.2) is 16.7 Å². The zero-order valence-corrected chi connectivity index (χ0v) is 6.49. The number of rotatable bonds is 2. The molecule has 0 aliphatic carbocycles. The van der Waals surface area contributed by atoms with E-state index in [1.165, 1.54) is 0 Å². The van der Waals surface area contributed by atoms with E-state index in [0.717, 1.165) is 11.4 Å². The van der Waals surface area contributed by atoms with Crippen molar-refractivity contribution in [1.82, 2.24) is 4.98 Å². The van der Waals surface area contributed by atoms with Gasteiger partial charge in [-0.1, -0.05) is 12.1 Å². The average Bonchev–Trinajstić information content (AvgIpc) is 2.01. The average molecular weight is 149 g/mol. The Labute approximate surface area is 66.2 Å². The Morgan fingerprint density at radius 3 is 3.00 bits per heavy atom. The Bertz CT molecular complexity index is 255. The van der Waals surface area contributed by atoms with Crippen molar-refractivity contribution in [3.8, 4) is 0 Å². The number of aromatic nitrogens is 1. The van der Waals surface area contributed by atoms with Gasteiger partial charge in [-0.25, -0.2) is 0 Å². The summed E-state index contributed by atoms with van der Waals surface area (Å²) < 4.78 is 0. The van der Waals surface area contributed by atoms with Gasteiger partial charge in [0.15, 0.2) is 0 Å². The molecule has 2 nitrogen and oxygen atoms in total. The van der Waals surface area contributed by atoms with Crippen molar-refractivity contribution < 1.29 is 5.11 Å². The molecule has 0 aromatic carbocycles. The molecule has 1 heterocycles. The first-order valence-corrected chi connectivity index (χ1v) is 3.54. The molecule has 1 aromatic rings. The Balaban J connectivity index is 2.79. The highest BCUT2D eigenvalue weighted by Gasteiger charge is 1.86. The largest absolute Gasteiger partial charge is 0.392 e. The van der Waals surface area contributed by atoms with Gasteiger partial charge in [-0.15, -0.1) is 0 Å². The number of hydrogen-bond donors (Lipinski definition) is 1. The second-order valence-corrected chi connectivity index (χ2v) is 2.29. The van der Waals surface area contributed by atoms with Gasteiger partial charge in [0, 0.05) is 5.69 Å². The highest BCUT2D eigenvalue weighted by molar-refractivity contribution is 5.44. The fourth-order valence-electron chi connectivity index (χ4n) is 0.830. The molecule has 58 valence electrons. The number of nitrogens with zero attached hydrogens (tertiary/aromatic N) is 1. The van der Waals surface area contributed by atoms with E-state index in [0.29, 0.717) is 0 Å². The van der Waals surface area contributed by atoms with Crippen LogP contribution < -0.4 is 0 Å². The third kappa shape index (κ3) is 2.51. The lowest BCUT2D eigenvalue weighted by Crippen LogP contribution is -1.83. The van der Waals surface area contributed by atoms with Crippen LogP contribution in [0.3, 0.4) is 0 Å². The summed E-state index contributed by atoms with van der Waals surface area (Å²) in [5.74, 6) is 0. The fourth-order valence-corrected chi connectivity index (χ4v) is 0.830. The maximum atomic E-state index is 8.48. The van der Waals surface area contributed by atoms with Gasteiger partial charge in [-0.3, -0.25) is 4.98 Å². The SMILES string of the molecule is Cc1cccc(C=CCO)n1. The van der Waals surface area contributed by atoms with Crippen molar-refractivity contribution in [3.63, 3.8) is 0 Å². The lowest BCUT2D eigenvalue weighted by molar-refractivity contribution is 0.343. The summed E-state index contributed by atoms with van der Waals surface area (Å²) in [5, 5.41) is 8.48. The van der Waals surface area contributed by atoms with E-state index in [1.807, 2.05) is 25.1 Å². The number of aliphatic hydroxyl groups excluding tert-OH is 1. The maximum Gasteiger partial charge on any atom is 0.0630 e. The normalized spacial score (nSPS) is 10.7. The van der Waals surface area contributed by atoms with Gasteiger partial charge in [0.1, 0.15) is 0 Å². The molecule has 0 radical (unpaired) electrons. The lowest BCUT2D eigenvalue weighted by atomic mass is 10.3. The van der Waals surface area contributed by atoms with Crippen molar-refractivity contribution in [2.45, 2.75) is 6.92 Å². The first-order chi connectivity index (χ1) is 5.33. The molecule has 0 atom stereocenters. The molecular formula is C9H11NO. The van der Waals surface area contributed by atoms with Crippen molar-refractivity contribution in [2.75, 3.05) is 6.61 Å². The molecule has 0 spiro atoms. The number of pyridine rings is 1. The van der Waals surface area contributed by atoms with Crippen LogP contribution >= 0.6 is 0 Å². The van der Waals surface area contributed by atoms with Crippen LogP contribution in [0.1, 0.15) is 11.4 Å². The van der Waals surface area contributed by atoms with E-state index >= 15 is 0 Å². The molecule has 1 rings (SSSR count). The van der Waals surface area contributed by atoms with Crippen LogP contribution in [0, 0.1) is 6.92 Å². The zero-order valence-electron chi connectivity index (χ0n) is 6.49. The molecule has 0 saturated heterocycles. The summed E-state index contributed by atoms with van der Waals surface area (Å²) in [6, 6.07) is 5.79. The summed E-state index contributed by atoms with van der Waals surface area (Å²) in [6.45, 7) is 2.01. The van der Waals surface area contributed by atoms with Crippen LogP contribution in [-0.2, 0) is 0 Å². The Hall–Kier alpha value is -1.15. The number of aliphatic hydroxyl groups is 1. The first-order valence-electron chi connectivity index (χ1n) is 3.54. The van der Waals surface area contributed by atoms with E-state index in [1.54, 1.807) is 12.2 Å². The van der Waals surface area contributed by atoms with Gasteiger partial charge in [-0.2, -0.15) is 0 Å². The molecule has 2 heteroatoms. The smallest absolute Gasteiger partial charge is 0.0630 e. The highest BCUT2D eigenvalue weighted by atomic mass is 16.2. The summed E-state index contributed by atoms with van der Waals surface area (Å²) in [4.78, 5) is 4.21. The summed E-state index contributed by atoms with van der Waals surface area (Å²) in [7, 11) is 0. The first kappa shape index (κ1) is 7.95. The number of hydrogen-bond acceptors (Lipinski definition) is 2. The monoisotopic (exact) mass is 149 g/mol. The predicted molar refractivity (Wildman–Crippen MR) is 45.1 cm³/mol. The molecule has 0 unspecified atom stereocenters. The molecule has 1 N–H and O–H groups in total. The van der Waals surface area contributed by atoms with E-state index < -0.39 is 0 Å².